The van der Waals surface area contributed by atoms with E-state index >= 15 is 0 Å². The second-order valence-corrected chi connectivity index (χ2v) is 6.49. The van der Waals surface area contributed by atoms with Gasteiger partial charge in [0.25, 0.3) is 0 Å². The molecule has 0 aliphatic heterocycles. The predicted molar refractivity (Wildman–Crippen MR) is 80.7 cm³/mol. The van der Waals surface area contributed by atoms with Gasteiger partial charge < -0.3 is 5.43 Å². The molecule has 0 amide bonds. The summed E-state index contributed by atoms with van der Waals surface area (Å²) in [7, 11) is 0. The zero-order valence-electron chi connectivity index (χ0n) is 11.1. The Morgan fingerprint density at radius 1 is 1.22 bits per heavy atom. The highest BCUT2D eigenvalue weighted by Gasteiger charge is 2.20. The summed E-state index contributed by atoms with van der Waals surface area (Å²) in [5.74, 6) is 6.35. The van der Waals surface area contributed by atoms with Crippen molar-refractivity contribution in [3.8, 4) is 0 Å². The highest BCUT2D eigenvalue weighted by atomic mass is 79.9. The summed E-state index contributed by atoms with van der Waals surface area (Å²) in [6.07, 6.45) is 0. The van der Waals surface area contributed by atoms with Crippen molar-refractivity contribution in [1.29, 1.82) is 0 Å². The Labute approximate surface area is 116 Å². The minimum atomic E-state index is -0.000877. The predicted octanol–water partition coefficient (Wildman–Crippen LogP) is 3.89. The summed E-state index contributed by atoms with van der Waals surface area (Å²) in [6, 6.07) is 6.31. The standard InChI is InChI=1S/C14H18BrN3/c1-8-5-10(15)6-9-7-11(14(2,3)4)13(18-16)17-12(8)9/h5-7H,16H2,1-4H3,(H,17,18). The third-order valence-corrected chi connectivity index (χ3v) is 3.48. The number of nitrogen functional groups attached to an aromatic ring is 1. The van der Waals surface area contributed by atoms with Crippen LogP contribution in [0.3, 0.4) is 0 Å². The molecule has 4 heteroatoms. The zero-order valence-corrected chi connectivity index (χ0v) is 12.7. The number of anilines is 1. The summed E-state index contributed by atoms with van der Waals surface area (Å²) < 4.78 is 1.07. The normalized spacial score (nSPS) is 11.9. The molecular weight excluding hydrogens is 290 g/mol. The molecule has 0 unspecified atom stereocenters. The van der Waals surface area contributed by atoms with Gasteiger partial charge in [0.15, 0.2) is 0 Å². The topological polar surface area (TPSA) is 50.9 Å². The molecule has 18 heavy (non-hydrogen) atoms. The average Bonchev–Trinajstić information content (AvgIpc) is 2.26. The van der Waals surface area contributed by atoms with E-state index in [0.717, 1.165) is 32.3 Å². The van der Waals surface area contributed by atoms with Crippen molar-refractivity contribution in [3.05, 3.63) is 33.8 Å². The fourth-order valence-electron chi connectivity index (χ4n) is 2.10. The highest BCUT2D eigenvalue weighted by Crippen LogP contribution is 2.32. The molecule has 1 heterocycles. The van der Waals surface area contributed by atoms with Crippen LogP contribution in [0.2, 0.25) is 0 Å². The first-order valence-corrected chi connectivity index (χ1v) is 6.70. The van der Waals surface area contributed by atoms with E-state index in [4.69, 9.17) is 5.84 Å². The number of fused-ring (bicyclic) bond motifs is 1. The number of pyridine rings is 1. The smallest absolute Gasteiger partial charge is 0.144 e. The SMILES string of the molecule is Cc1cc(Br)cc2cc(C(C)(C)C)c(NN)nc12. The maximum Gasteiger partial charge on any atom is 0.144 e. The Morgan fingerprint density at radius 2 is 1.89 bits per heavy atom. The van der Waals surface area contributed by atoms with Crippen LogP contribution in [0.4, 0.5) is 5.82 Å². The molecule has 2 rings (SSSR count). The summed E-state index contributed by atoms with van der Waals surface area (Å²) >= 11 is 3.53. The molecule has 0 saturated heterocycles. The third kappa shape index (κ3) is 2.35. The first-order chi connectivity index (χ1) is 8.32. The maximum atomic E-state index is 5.60. The summed E-state index contributed by atoms with van der Waals surface area (Å²) in [6.45, 7) is 8.52. The number of rotatable bonds is 1. The van der Waals surface area contributed by atoms with Crippen LogP contribution < -0.4 is 11.3 Å². The first-order valence-electron chi connectivity index (χ1n) is 5.91. The number of aromatic nitrogens is 1. The van der Waals surface area contributed by atoms with Crippen molar-refractivity contribution in [2.75, 3.05) is 5.43 Å². The molecule has 1 aromatic heterocycles. The fourth-order valence-corrected chi connectivity index (χ4v) is 2.69. The van der Waals surface area contributed by atoms with Crippen molar-refractivity contribution in [3.63, 3.8) is 0 Å². The molecule has 0 atom stereocenters. The van der Waals surface area contributed by atoms with E-state index in [1.54, 1.807) is 0 Å². The number of aryl methyl sites for hydroxylation is 1. The Balaban J connectivity index is 2.81. The van der Waals surface area contributed by atoms with Gasteiger partial charge in [-0.2, -0.15) is 0 Å². The number of nitrogens with one attached hydrogen (secondary N) is 1. The van der Waals surface area contributed by atoms with Gasteiger partial charge in [0, 0.05) is 15.4 Å². The van der Waals surface area contributed by atoms with Crippen LogP contribution >= 0.6 is 15.9 Å². The van der Waals surface area contributed by atoms with Crippen LogP contribution in [0.5, 0.6) is 0 Å². The van der Waals surface area contributed by atoms with E-state index in [1.165, 1.54) is 0 Å². The summed E-state index contributed by atoms with van der Waals surface area (Å²) in [5, 5.41) is 1.13. The number of benzene rings is 1. The van der Waals surface area contributed by atoms with Gasteiger partial charge in [0.2, 0.25) is 0 Å². The third-order valence-electron chi connectivity index (χ3n) is 3.02. The van der Waals surface area contributed by atoms with Crippen LogP contribution in [0.25, 0.3) is 10.9 Å². The lowest BCUT2D eigenvalue weighted by atomic mass is 9.86. The van der Waals surface area contributed by atoms with Crippen molar-refractivity contribution < 1.29 is 0 Å². The molecule has 3 nitrogen and oxygen atoms in total. The van der Waals surface area contributed by atoms with Crippen molar-refractivity contribution >= 4 is 32.7 Å². The molecular formula is C14H18BrN3. The summed E-state index contributed by atoms with van der Waals surface area (Å²) in [5.41, 5.74) is 5.95. The molecule has 0 fully saturated rings. The molecule has 0 bridgehead atoms. The van der Waals surface area contributed by atoms with E-state index in [1.807, 2.05) is 0 Å². The molecule has 0 saturated carbocycles. The van der Waals surface area contributed by atoms with Gasteiger partial charge in [-0.15, -0.1) is 0 Å². The molecule has 3 N–H and O–H groups in total. The Morgan fingerprint density at radius 3 is 2.44 bits per heavy atom. The van der Waals surface area contributed by atoms with Crippen LogP contribution in [0.15, 0.2) is 22.7 Å². The Hall–Kier alpha value is -1.13. The molecule has 0 radical (unpaired) electrons. The highest BCUT2D eigenvalue weighted by molar-refractivity contribution is 9.10. The quantitative estimate of drug-likeness (QED) is 0.621. The molecule has 0 spiro atoms. The van der Waals surface area contributed by atoms with E-state index in [0.29, 0.717) is 0 Å². The largest absolute Gasteiger partial charge is 0.308 e. The molecule has 0 aliphatic rings. The first kappa shape index (κ1) is 13.3. The second kappa shape index (κ2) is 4.52. The number of nitrogens with two attached hydrogens (primary N) is 1. The van der Waals surface area contributed by atoms with Crippen molar-refractivity contribution in [1.82, 2.24) is 4.98 Å². The van der Waals surface area contributed by atoms with Crippen molar-refractivity contribution in [2.24, 2.45) is 5.84 Å². The lowest BCUT2D eigenvalue weighted by molar-refractivity contribution is 0.590. The Kier molecular flexibility index (Phi) is 3.34. The average molecular weight is 308 g/mol. The number of hydrogen-bond donors (Lipinski definition) is 2. The van der Waals surface area contributed by atoms with E-state index in [9.17, 15) is 0 Å². The van der Waals surface area contributed by atoms with Crippen LogP contribution in [-0.4, -0.2) is 4.98 Å². The maximum absolute atomic E-state index is 5.60. The fraction of sp³-hybridized carbons (Fsp3) is 0.357. The lowest BCUT2D eigenvalue weighted by Crippen LogP contribution is -2.19. The Bertz CT molecular complexity index is 600. The lowest BCUT2D eigenvalue weighted by Gasteiger charge is -2.22. The molecule has 2 aromatic rings. The molecule has 1 aromatic carbocycles. The number of hydrogen-bond acceptors (Lipinski definition) is 3. The minimum absolute atomic E-state index is 0.000877. The number of hydrazine groups is 1. The number of nitrogens with zero attached hydrogens (tertiary/aromatic N) is 1. The van der Waals surface area contributed by atoms with Gasteiger partial charge in [0.05, 0.1) is 5.52 Å². The summed E-state index contributed by atoms with van der Waals surface area (Å²) in [4.78, 5) is 4.64. The van der Waals surface area contributed by atoms with Gasteiger partial charge in [-0.1, -0.05) is 36.7 Å². The van der Waals surface area contributed by atoms with Crippen LogP contribution in [0.1, 0.15) is 31.9 Å². The van der Waals surface area contributed by atoms with E-state index in [2.05, 4.69) is 72.2 Å². The second-order valence-electron chi connectivity index (χ2n) is 5.57. The number of halogens is 1. The van der Waals surface area contributed by atoms with Gasteiger partial charge in [-0.3, -0.25) is 0 Å². The van der Waals surface area contributed by atoms with E-state index < -0.39 is 0 Å². The zero-order chi connectivity index (χ0) is 13.5. The monoisotopic (exact) mass is 307 g/mol. The van der Waals surface area contributed by atoms with Crippen LogP contribution in [0, 0.1) is 6.92 Å². The minimum Gasteiger partial charge on any atom is -0.308 e. The molecule has 0 aliphatic carbocycles. The van der Waals surface area contributed by atoms with Gasteiger partial charge in [-0.25, -0.2) is 10.8 Å². The van der Waals surface area contributed by atoms with Crippen LogP contribution in [-0.2, 0) is 5.41 Å². The van der Waals surface area contributed by atoms with Gasteiger partial charge >= 0.3 is 0 Å². The van der Waals surface area contributed by atoms with Crippen molar-refractivity contribution in [2.45, 2.75) is 33.1 Å². The molecule has 96 valence electrons. The van der Waals surface area contributed by atoms with Gasteiger partial charge in [-0.05, 0) is 36.1 Å². The van der Waals surface area contributed by atoms with E-state index in [-0.39, 0.29) is 5.41 Å². The van der Waals surface area contributed by atoms with Gasteiger partial charge in [0.1, 0.15) is 5.82 Å².